The number of fused-ring (bicyclic) bond motifs is 1. The van der Waals surface area contributed by atoms with Crippen molar-refractivity contribution in [3.63, 3.8) is 0 Å². The molecular weight excluding hydrogens is 284 g/mol. The maximum absolute atomic E-state index is 11.4. The van der Waals surface area contributed by atoms with Crippen molar-refractivity contribution in [3.05, 3.63) is 36.0 Å². The predicted molar refractivity (Wildman–Crippen MR) is 88.2 cm³/mol. The van der Waals surface area contributed by atoms with Gasteiger partial charge in [-0.2, -0.15) is 0 Å². The maximum atomic E-state index is 11.4. The molecule has 0 spiro atoms. The fourth-order valence-corrected chi connectivity index (χ4v) is 2.94. The molecule has 0 unspecified atom stereocenters. The van der Waals surface area contributed by atoms with Crippen LogP contribution >= 0.6 is 0 Å². The van der Waals surface area contributed by atoms with E-state index >= 15 is 0 Å². The Morgan fingerprint density at radius 3 is 2.62 bits per heavy atom. The molecule has 2 rings (SSSR count). The van der Waals surface area contributed by atoms with E-state index < -0.39 is 9.84 Å². The summed E-state index contributed by atoms with van der Waals surface area (Å²) in [6, 6.07) is 10.3. The molecule has 1 aromatic carbocycles. The molecule has 0 atom stereocenters. The third-order valence-electron chi connectivity index (χ3n) is 3.44. The quantitative estimate of drug-likeness (QED) is 0.854. The second-order valence-corrected chi connectivity index (χ2v) is 8.26. The zero-order valence-corrected chi connectivity index (χ0v) is 13.8. The molecule has 0 aliphatic heterocycles. The second kappa shape index (κ2) is 6.62. The molecule has 0 aliphatic rings. The Morgan fingerprint density at radius 1 is 1.24 bits per heavy atom. The van der Waals surface area contributed by atoms with Gasteiger partial charge in [0.05, 0.1) is 5.75 Å². The fourth-order valence-electron chi connectivity index (χ4n) is 2.42. The molecule has 0 fully saturated rings. The van der Waals surface area contributed by atoms with Crippen molar-refractivity contribution in [2.45, 2.75) is 26.9 Å². The summed E-state index contributed by atoms with van der Waals surface area (Å²) in [5, 5.41) is 4.59. The van der Waals surface area contributed by atoms with Crippen LogP contribution in [0.25, 0.3) is 10.9 Å². The average molecular weight is 308 g/mol. The normalized spacial score (nSPS) is 12.4. The Kier molecular flexibility index (Phi) is 5.06. The van der Waals surface area contributed by atoms with Crippen LogP contribution in [0.5, 0.6) is 0 Å². The van der Waals surface area contributed by atoms with Gasteiger partial charge in [0, 0.05) is 30.6 Å². The first-order valence-electron chi connectivity index (χ1n) is 7.32. The van der Waals surface area contributed by atoms with E-state index in [0.717, 1.165) is 29.7 Å². The summed E-state index contributed by atoms with van der Waals surface area (Å²) in [4.78, 5) is 0. The number of benzene rings is 1. The largest absolute Gasteiger partial charge is 0.342 e. The van der Waals surface area contributed by atoms with Crippen LogP contribution in [0.2, 0.25) is 0 Å². The summed E-state index contributed by atoms with van der Waals surface area (Å²) >= 11 is 0. The molecular formula is C16H24N2O2S. The molecule has 0 bridgehead atoms. The van der Waals surface area contributed by atoms with Crippen LogP contribution in [0.15, 0.2) is 30.3 Å². The van der Waals surface area contributed by atoms with Gasteiger partial charge >= 0.3 is 0 Å². The number of para-hydroxylation sites is 1. The molecule has 0 aliphatic carbocycles. The van der Waals surface area contributed by atoms with Gasteiger partial charge in [0.15, 0.2) is 0 Å². The lowest BCUT2D eigenvalue weighted by Crippen LogP contribution is -2.22. The lowest BCUT2D eigenvalue weighted by atomic mass is 10.2. The molecule has 5 heteroatoms. The lowest BCUT2D eigenvalue weighted by Gasteiger charge is -2.12. The van der Waals surface area contributed by atoms with Gasteiger partial charge in [0.2, 0.25) is 0 Å². The van der Waals surface area contributed by atoms with Crippen LogP contribution in [0.4, 0.5) is 0 Å². The molecule has 1 heterocycles. The Hall–Kier alpha value is -1.33. The van der Waals surface area contributed by atoms with Crippen molar-refractivity contribution in [2.24, 2.45) is 5.92 Å². The first-order chi connectivity index (χ1) is 9.87. The third kappa shape index (κ3) is 4.58. The second-order valence-electron chi connectivity index (χ2n) is 6.00. The smallest absolute Gasteiger partial charge is 0.149 e. The molecule has 0 saturated carbocycles. The summed E-state index contributed by atoms with van der Waals surface area (Å²) in [5.41, 5.74) is 2.24. The standard InChI is InChI=1S/C16H24N2O2S/c1-13(2)11-17-12-15-10-14-6-4-5-7-16(14)18(15)8-9-21(3,19)20/h4-7,10,13,17H,8-9,11-12H2,1-3H3. The highest BCUT2D eigenvalue weighted by atomic mass is 32.2. The topological polar surface area (TPSA) is 51.1 Å². The van der Waals surface area contributed by atoms with E-state index in [2.05, 4.69) is 35.9 Å². The predicted octanol–water partition coefficient (Wildman–Crippen LogP) is 2.43. The summed E-state index contributed by atoms with van der Waals surface area (Å²) in [5.74, 6) is 0.766. The number of sulfone groups is 1. The van der Waals surface area contributed by atoms with Gasteiger partial charge in [-0.25, -0.2) is 8.42 Å². The number of rotatable bonds is 7. The Bertz CT molecular complexity index is 702. The third-order valence-corrected chi connectivity index (χ3v) is 4.36. The molecule has 1 N–H and O–H groups in total. The van der Waals surface area contributed by atoms with E-state index in [0.29, 0.717) is 12.5 Å². The van der Waals surface area contributed by atoms with Crippen molar-refractivity contribution >= 4 is 20.7 Å². The van der Waals surface area contributed by atoms with Crippen LogP contribution in [0.3, 0.4) is 0 Å². The van der Waals surface area contributed by atoms with Crippen LogP contribution < -0.4 is 5.32 Å². The van der Waals surface area contributed by atoms with Gasteiger partial charge in [0.25, 0.3) is 0 Å². The molecule has 4 nitrogen and oxygen atoms in total. The van der Waals surface area contributed by atoms with Gasteiger partial charge in [-0.1, -0.05) is 32.0 Å². The van der Waals surface area contributed by atoms with Crippen molar-refractivity contribution in [2.75, 3.05) is 18.6 Å². The number of hydrogen-bond donors (Lipinski definition) is 1. The van der Waals surface area contributed by atoms with Crippen molar-refractivity contribution in [3.8, 4) is 0 Å². The minimum Gasteiger partial charge on any atom is -0.342 e. The summed E-state index contributed by atoms with van der Waals surface area (Å²) in [6.45, 7) is 6.56. The first kappa shape index (κ1) is 16.0. The SMILES string of the molecule is CC(C)CNCc1cc2ccccc2n1CCS(C)(=O)=O. The van der Waals surface area contributed by atoms with Crippen molar-refractivity contribution < 1.29 is 8.42 Å². The highest BCUT2D eigenvalue weighted by Gasteiger charge is 2.11. The number of aryl methyl sites for hydroxylation is 1. The van der Waals surface area contributed by atoms with E-state index in [1.54, 1.807) is 0 Å². The van der Waals surface area contributed by atoms with Crippen molar-refractivity contribution in [1.29, 1.82) is 0 Å². The van der Waals surface area contributed by atoms with E-state index in [1.807, 2.05) is 18.2 Å². The molecule has 1 aromatic heterocycles. The van der Waals surface area contributed by atoms with Crippen LogP contribution in [-0.2, 0) is 22.9 Å². The van der Waals surface area contributed by atoms with E-state index in [-0.39, 0.29) is 5.75 Å². The van der Waals surface area contributed by atoms with E-state index in [1.165, 1.54) is 6.26 Å². The minimum absolute atomic E-state index is 0.169. The Balaban J connectivity index is 2.25. The molecule has 0 amide bonds. The Labute approximate surface area is 127 Å². The lowest BCUT2D eigenvalue weighted by molar-refractivity contribution is 0.538. The molecule has 21 heavy (non-hydrogen) atoms. The molecule has 0 saturated heterocycles. The van der Waals surface area contributed by atoms with Crippen LogP contribution in [0.1, 0.15) is 19.5 Å². The average Bonchev–Trinajstić information content (AvgIpc) is 2.72. The summed E-state index contributed by atoms with van der Waals surface area (Å²) < 4.78 is 25.0. The van der Waals surface area contributed by atoms with Gasteiger partial charge < -0.3 is 9.88 Å². The number of hydrogen-bond acceptors (Lipinski definition) is 3. The van der Waals surface area contributed by atoms with E-state index in [9.17, 15) is 8.42 Å². The van der Waals surface area contributed by atoms with Crippen molar-refractivity contribution in [1.82, 2.24) is 9.88 Å². The molecule has 116 valence electrons. The monoisotopic (exact) mass is 308 g/mol. The maximum Gasteiger partial charge on any atom is 0.149 e. The van der Waals surface area contributed by atoms with Gasteiger partial charge in [-0.15, -0.1) is 0 Å². The van der Waals surface area contributed by atoms with Gasteiger partial charge in [-0.3, -0.25) is 0 Å². The zero-order valence-electron chi connectivity index (χ0n) is 13.0. The number of aromatic nitrogens is 1. The first-order valence-corrected chi connectivity index (χ1v) is 9.38. The summed E-state index contributed by atoms with van der Waals surface area (Å²) in [7, 11) is -2.96. The zero-order chi connectivity index (χ0) is 15.5. The summed E-state index contributed by atoms with van der Waals surface area (Å²) in [6.07, 6.45) is 1.29. The van der Waals surface area contributed by atoms with Crippen LogP contribution in [0, 0.1) is 5.92 Å². The van der Waals surface area contributed by atoms with Crippen LogP contribution in [-0.4, -0.2) is 31.5 Å². The molecule has 0 radical (unpaired) electrons. The van der Waals surface area contributed by atoms with Gasteiger partial charge in [0.1, 0.15) is 9.84 Å². The minimum atomic E-state index is -2.96. The highest BCUT2D eigenvalue weighted by molar-refractivity contribution is 7.90. The number of nitrogens with zero attached hydrogens (tertiary/aromatic N) is 1. The fraction of sp³-hybridized carbons (Fsp3) is 0.500. The van der Waals surface area contributed by atoms with Gasteiger partial charge in [-0.05, 0) is 30.0 Å². The molecule has 2 aromatic rings. The Morgan fingerprint density at radius 2 is 1.95 bits per heavy atom. The highest BCUT2D eigenvalue weighted by Crippen LogP contribution is 2.20. The number of nitrogens with one attached hydrogen (secondary N) is 1. The van der Waals surface area contributed by atoms with E-state index in [4.69, 9.17) is 0 Å².